The average Bonchev–Trinajstić information content (AvgIpc) is 2.56. The molecule has 0 saturated carbocycles. The van der Waals surface area contributed by atoms with Crippen molar-refractivity contribution in [1.29, 1.82) is 0 Å². The van der Waals surface area contributed by atoms with Crippen LogP contribution in [0.15, 0.2) is 24.3 Å². The van der Waals surface area contributed by atoms with E-state index >= 15 is 0 Å². The molecule has 0 bridgehead atoms. The summed E-state index contributed by atoms with van der Waals surface area (Å²) in [4.78, 5) is 34.7. The van der Waals surface area contributed by atoms with Gasteiger partial charge >= 0.3 is 138 Å². The van der Waals surface area contributed by atoms with Crippen LogP contribution in [0.5, 0.6) is 0 Å². The van der Waals surface area contributed by atoms with Crippen molar-refractivity contribution in [1.82, 2.24) is 0 Å². The Hall–Kier alpha value is -1.94. The average molecular weight is 398 g/mol. The monoisotopic (exact) mass is 398 g/mol. The molecule has 0 fully saturated rings. The van der Waals surface area contributed by atoms with E-state index in [0.717, 1.165) is 11.7 Å². The van der Waals surface area contributed by atoms with Crippen LogP contribution in [0.4, 0.5) is 0 Å². The second-order valence-corrected chi connectivity index (χ2v) is 13.7. The van der Waals surface area contributed by atoms with Crippen LogP contribution in [-0.4, -0.2) is 51.1 Å². The summed E-state index contributed by atoms with van der Waals surface area (Å²) in [5.74, 6) is -1.62. The van der Waals surface area contributed by atoms with Crippen molar-refractivity contribution in [3.63, 3.8) is 0 Å². The van der Waals surface area contributed by atoms with Gasteiger partial charge in [-0.1, -0.05) is 0 Å². The summed E-state index contributed by atoms with van der Waals surface area (Å²) in [6.45, 7) is 10.6. The zero-order valence-electron chi connectivity index (χ0n) is 17.1. The quantitative estimate of drug-likeness (QED) is 0.361. The van der Waals surface area contributed by atoms with Crippen LogP contribution in [0.3, 0.4) is 0 Å². The van der Waals surface area contributed by atoms with E-state index in [4.69, 9.17) is 14.2 Å². The van der Waals surface area contributed by atoms with Crippen LogP contribution in [0.2, 0.25) is 0 Å². The molecule has 0 aliphatic heterocycles. The topological polar surface area (TPSA) is 78.9 Å². The fourth-order valence-electron chi connectivity index (χ4n) is 2.37. The summed E-state index contributed by atoms with van der Waals surface area (Å²) in [5.41, 5.74) is 0.888. The molecule has 7 heteroatoms. The van der Waals surface area contributed by atoms with Crippen molar-refractivity contribution in [2.24, 2.45) is 5.41 Å². The van der Waals surface area contributed by atoms with E-state index in [0.29, 0.717) is 0 Å². The first-order chi connectivity index (χ1) is 12.4. The number of carbonyl (C=O) groups is 3. The molecule has 0 saturated heterocycles. The van der Waals surface area contributed by atoms with Gasteiger partial charge in [-0.05, 0) is 0 Å². The zero-order valence-corrected chi connectivity index (χ0v) is 18.1. The van der Waals surface area contributed by atoms with E-state index in [-0.39, 0.29) is 19.8 Å². The third-order valence-electron chi connectivity index (χ3n) is 3.81. The van der Waals surface area contributed by atoms with E-state index in [2.05, 4.69) is 32.1 Å². The number of rotatable bonds is 9. The molecule has 6 nitrogen and oxygen atoms in total. The first-order valence-corrected chi connectivity index (χ1v) is 12.6. The van der Waals surface area contributed by atoms with Gasteiger partial charge in [0, 0.05) is 13.8 Å². The van der Waals surface area contributed by atoms with Crippen LogP contribution >= 0.6 is 7.26 Å². The van der Waals surface area contributed by atoms with Crippen molar-refractivity contribution in [2.75, 3.05) is 33.2 Å². The molecule has 0 atom stereocenters. The van der Waals surface area contributed by atoms with Crippen LogP contribution in [0, 0.1) is 5.41 Å². The molecule has 0 unspecified atom stereocenters. The Kier molecular flexibility index (Phi) is 8.42. The Morgan fingerprint density at radius 3 is 1.70 bits per heavy atom. The molecule has 0 aliphatic rings. The van der Waals surface area contributed by atoms with E-state index in [1.165, 1.54) is 26.3 Å². The molecule has 0 amide bonds. The number of hydrogen-bond donors (Lipinski definition) is 0. The van der Waals surface area contributed by atoms with E-state index < -0.39 is 30.6 Å². The summed E-state index contributed by atoms with van der Waals surface area (Å²) in [6, 6.07) is 7.99. The van der Waals surface area contributed by atoms with Gasteiger partial charge in [-0.15, -0.1) is 0 Å². The number of ether oxygens (including phenoxy) is 3. The van der Waals surface area contributed by atoms with Crippen molar-refractivity contribution >= 4 is 25.2 Å². The molecule has 1 aromatic rings. The normalized spacial score (nSPS) is 12.2. The summed E-state index contributed by atoms with van der Waals surface area (Å²) in [7, 11) is -1.18. The third-order valence-corrected chi connectivity index (χ3v) is 5.28. The molecule has 0 aliphatic carbocycles. The van der Waals surface area contributed by atoms with Gasteiger partial charge in [0.05, 0.1) is 0 Å². The molecule has 1 aromatic carbocycles. The molecule has 152 valence electrons. The number of benzene rings is 1. The molecular formula is C20H31O6P. The number of hydrogen-bond acceptors (Lipinski definition) is 6. The third kappa shape index (κ3) is 9.00. The molecular weight excluding hydrogens is 367 g/mol. The van der Waals surface area contributed by atoms with Crippen LogP contribution in [0.1, 0.15) is 31.9 Å². The summed E-state index contributed by atoms with van der Waals surface area (Å²) in [6.07, 6.45) is 1.09. The second kappa shape index (κ2) is 9.84. The van der Waals surface area contributed by atoms with E-state index in [1.807, 2.05) is 12.1 Å². The van der Waals surface area contributed by atoms with Gasteiger partial charge in [0.1, 0.15) is 0 Å². The summed E-state index contributed by atoms with van der Waals surface area (Å²) < 4.78 is 15.3. The van der Waals surface area contributed by atoms with Gasteiger partial charge in [0.2, 0.25) is 0 Å². The van der Waals surface area contributed by atoms with Crippen molar-refractivity contribution < 1.29 is 28.6 Å². The van der Waals surface area contributed by atoms with Crippen LogP contribution < -0.4 is 0 Å². The predicted molar refractivity (Wildman–Crippen MR) is 107 cm³/mol. The molecule has 0 radical (unpaired) electrons. The van der Waals surface area contributed by atoms with Gasteiger partial charge in [0.15, 0.2) is 0 Å². The Bertz CT molecular complexity index is 642. The van der Waals surface area contributed by atoms with Gasteiger partial charge in [-0.25, -0.2) is 0 Å². The standard InChI is InChI=1S/C20H31O6P/c1-15(21)25-13-20(3,14-26-16(2)22)19(23)24-11-17-7-9-18(10-8-17)12-27(4,5)6/h7-10,27H,11-14H2,1-6H3. The molecule has 0 heterocycles. The fraction of sp³-hybridized carbons (Fsp3) is 0.550. The first kappa shape index (κ1) is 23.1. The maximum absolute atomic E-state index is 12.5. The predicted octanol–water partition coefficient (Wildman–Crippen LogP) is 3.00. The number of esters is 3. The maximum atomic E-state index is 12.5. The van der Waals surface area contributed by atoms with Crippen molar-refractivity contribution in [3.05, 3.63) is 35.4 Å². The Morgan fingerprint density at radius 2 is 1.30 bits per heavy atom. The molecule has 1 rings (SSSR count). The van der Waals surface area contributed by atoms with E-state index in [1.54, 1.807) is 0 Å². The van der Waals surface area contributed by atoms with Crippen LogP contribution in [-0.2, 0) is 41.4 Å². The van der Waals surface area contributed by atoms with Crippen molar-refractivity contribution in [2.45, 2.75) is 33.5 Å². The van der Waals surface area contributed by atoms with Gasteiger partial charge in [0.25, 0.3) is 0 Å². The molecule has 0 spiro atoms. The Labute approximate surface area is 161 Å². The summed E-state index contributed by atoms with van der Waals surface area (Å²) >= 11 is 0. The van der Waals surface area contributed by atoms with Gasteiger partial charge < -0.3 is 0 Å². The Balaban J connectivity index is 2.71. The Morgan fingerprint density at radius 1 is 0.852 bits per heavy atom. The van der Waals surface area contributed by atoms with Crippen molar-refractivity contribution in [3.8, 4) is 0 Å². The minimum absolute atomic E-state index is 0.0990. The number of carbonyl (C=O) groups excluding carboxylic acids is 3. The first-order valence-electron chi connectivity index (χ1n) is 8.93. The van der Waals surface area contributed by atoms with Crippen LogP contribution in [0.25, 0.3) is 0 Å². The summed E-state index contributed by atoms with van der Waals surface area (Å²) in [5, 5.41) is 0. The van der Waals surface area contributed by atoms with Gasteiger partial charge in [-0.2, -0.15) is 0 Å². The second-order valence-electron chi connectivity index (χ2n) is 8.25. The SMILES string of the molecule is CC(=O)OCC(C)(COC(C)=O)C(=O)OCc1ccc(C[PH](C)(C)C)cc1. The minimum atomic E-state index is -1.25. The van der Waals surface area contributed by atoms with E-state index in [9.17, 15) is 14.4 Å². The van der Waals surface area contributed by atoms with Gasteiger partial charge in [-0.3, -0.25) is 9.59 Å². The molecule has 27 heavy (non-hydrogen) atoms. The molecule has 0 N–H and O–H groups in total. The molecule has 0 aromatic heterocycles. The zero-order chi connectivity index (χ0) is 20.7. The fourth-order valence-corrected chi connectivity index (χ4v) is 3.83.